The van der Waals surface area contributed by atoms with E-state index in [4.69, 9.17) is 15.5 Å². The van der Waals surface area contributed by atoms with Gasteiger partial charge in [-0.3, -0.25) is 0 Å². The van der Waals surface area contributed by atoms with Crippen LogP contribution >= 0.6 is 11.8 Å². The molecule has 27 heavy (non-hydrogen) atoms. The first-order valence-corrected chi connectivity index (χ1v) is 9.67. The topological polar surface area (TPSA) is 70.1 Å². The van der Waals surface area contributed by atoms with E-state index < -0.39 is 17.7 Å². The first kappa shape index (κ1) is 21.2. The third kappa shape index (κ3) is 5.69. The Morgan fingerprint density at radius 1 is 1.22 bits per heavy atom. The molecule has 0 bridgehead atoms. The van der Waals surface area contributed by atoms with Gasteiger partial charge in [0.05, 0.1) is 12.3 Å². The van der Waals surface area contributed by atoms with Crippen molar-refractivity contribution >= 4 is 17.9 Å². The van der Waals surface area contributed by atoms with Gasteiger partial charge in [-0.05, 0) is 38.3 Å². The lowest BCUT2D eigenvalue weighted by atomic mass is 10.1. The Morgan fingerprint density at radius 2 is 1.85 bits per heavy atom. The van der Waals surface area contributed by atoms with Crippen molar-refractivity contribution in [2.75, 3.05) is 6.61 Å². The molecule has 1 aromatic heterocycles. The quantitative estimate of drug-likeness (QED) is 0.633. The van der Waals surface area contributed by atoms with Crippen LogP contribution in [0.2, 0.25) is 0 Å². The van der Waals surface area contributed by atoms with Crippen LogP contribution in [0.1, 0.15) is 57.6 Å². The first-order chi connectivity index (χ1) is 12.7. The second-order valence-electron chi connectivity index (χ2n) is 6.82. The van der Waals surface area contributed by atoms with Crippen molar-refractivity contribution in [2.45, 2.75) is 62.4 Å². The average molecular weight is 397 g/mol. The Hall–Kier alpha value is -2.09. The molecular formula is C19H25F2N3O2S. The minimum atomic E-state index is -0.797. The Kier molecular flexibility index (Phi) is 7.24. The Bertz CT molecular complexity index is 786. The number of nitrogens with zero attached hydrogens (tertiary/aromatic N) is 2. The van der Waals surface area contributed by atoms with E-state index in [1.165, 1.54) is 23.9 Å². The number of rotatable bonds is 8. The fraction of sp³-hybridized carbons (Fsp3) is 0.474. The Labute approximate surface area is 162 Å². The molecule has 1 amide bonds. The number of hydrogen-bond donors (Lipinski definition) is 1. The van der Waals surface area contributed by atoms with Gasteiger partial charge < -0.3 is 15.0 Å². The molecule has 0 saturated carbocycles. The van der Waals surface area contributed by atoms with E-state index in [1.807, 2.05) is 27.7 Å². The van der Waals surface area contributed by atoms with Crippen LogP contribution in [0.3, 0.4) is 0 Å². The molecule has 0 aliphatic carbocycles. The summed E-state index contributed by atoms with van der Waals surface area (Å²) in [6.45, 7) is 8.35. The number of carbonyl (C=O) groups excluding carboxylic acids is 1. The molecule has 1 heterocycles. The highest BCUT2D eigenvalue weighted by Crippen LogP contribution is 2.37. The molecule has 1 aromatic carbocycles. The Balaban J connectivity index is 2.36. The second kappa shape index (κ2) is 9.21. The van der Waals surface area contributed by atoms with Crippen LogP contribution in [0.25, 0.3) is 0 Å². The second-order valence-corrected chi connectivity index (χ2v) is 7.88. The van der Waals surface area contributed by atoms with Gasteiger partial charge >= 0.3 is 6.09 Å². The van der Waals surface area contributed by atoms with Crippen LogP contribution in [0.15, 0.2) is 28.1 Å². The fourth-order valence-corrected chi connectivity index (χ4v) is 4.14. The number of benzene rings is 1. The summed E-state index contributed by atoms with van der Waals surface area (Å²) in [5.74, 6) is -0.223. The van der Waals surface area contributed by atoms with E-state index >= 15 is 0 Å². The average Bonchev–Trinajstić information content (AvgIpc) is 2.89. The molecule has 8 heteroatoms. The van der Waals surface area contributed by atoms with Gasteiger partial charge in [-0.2, -0.15) is 0 Å². The molecule has 5 nitrogen and oxygen atoms in total. The predicted molar refractivity (Wildman–Crippen MR) is 101 cm³/mol. The van der Waals surface area contributed by atoms with E-state index in [2.05, 4.69) is 4.57 Å². The van der Waals surface area contributed by atoms with Crippen LogP contribution in [-0.4, -0.2) is 22.3 Å². The molecule has 0 unspecified atom stereocenters. The molecule has 0 radical (unpaired) electrons. The van der Waals surface area contributed by atoms with Crippen LogP contribution < -0.4 is 5.73 Å². The molecule has 0 atom stereocenters. The maximum Gasteiger partial charge on any atom is 0.404 e. The van der Waals surface area contributed by atoms with Crippen LogP contribution in [0.5, 0.6) is 0 Å². The first-order valence-electron chi connectivity index (χ1n) is 8.86. The van der Waals surface area contributed by atoms with Crippen molar-refractivity contribution in [2.24, 2.45) is 5.73 Å². The summed E-state index contributed by atoms with van der Waals surface area (Å²) in [4.78, 5) is 16.0. The van der Waals surface area contributed by atoms with E-state index in [0.717, 1.165) is 22.6 Å². The summed E-state index contributed by atoms with van der Waals surface area (Å²) in [6.07, 6.45) is 0.390. The molecule has 2 rings (SSSR count). The molecule has 0 fully saturated rings. The number of hydrogen-bond acceptors (Lipinski definition) is 4. The summed E-state index contributed by atoms with van der Waals surface area (Å²) in [6, 6.07) is 3.60. The molecule has 0 spiro atoms. The van der Waals surface area contributed by atoms with Crippen molar-refractivity contribution in [1.29, 1.82) is 0 Å². The van der Waals surface area contributed by atoms with E-state index in [-0.39, 0.29) is 18.6 Å². The highest BCUT2D eigenvalue weighted by molar-refractivity contribution is 7.99. The SMILES string of the molecule is CC(C)c1nc(CCCOC(N)=O)n(C(C)C)c1Sc1cc(F)cc(F)c1. The lowest BCUT2D eigenvalue weighted by Gasteiger charge is -2.16. The zero-order valence-electron chi connectivity index (χ0n) is 16.0. The van der Waals surface area contributed by atoms with E-state index in [9.17, 15) is 13.6 Å². The minimum absolute atomic E-state index is 0.109. The standard InChI is InChI=1S/C19H25F2N3O2S/c1-11(2)17-18(27-15-9-13(20)8-14(21)10-15)24(12(3)4)16(23-17)6-5-7-26-19(22)25/h8-12H,5-7H2,1-4H3,(H2,22,25). The van der Waals surface area contributed by atoms with Gasteiger partial charge in [0.1, 0.15) is 22.5 Å². The number of aryl methyl sites for hydroxylation is 1. The maximum atomic E-state index is 13.6. The molecule has 2 N–H and O–H groups in total. The largest absolute Gasteiger partial charge is 0.450 e. The number of halogens is 2. The number of nitrogens with two attached hydrogens (primary N) is 1. The molecule has 0 saturated heterocycles. The fourth-order valence-electron chi connectivity index (χ4n) is 2.77. The Morgan fingerprint density at radius 3 is 2.37 bits per heavy atom. The number of amides is 1. The van der Waals surface area contributed by atoms with Gasteiger partial charge in [0.25, 0.3) is 0 Å². The van der Waals surface area contributed by atoms with Crippen molar-refractivity contribution in [3.63, 3.8) is 0 Å². The monoisotopic (exact) mass is 397 g/mol. The normalized spacial score (nSPS) is 11.4. The molecule has 148 valence electrons. The number of primary amides is 1. The number of ether oxygens (including phenoxy) is 1. The van der Waals surface area contributed by atoms with Gasteiger partial charge in [-0.25, -0.2) is 18.6 Å². The van der Waals surface area contributed by atoms with Crippen molar-refractivity contribution in [3.05, 3.63) is 41.4 Å². The van der Waals surface area contributed by atoms with Gasteiger partial charge in [-0.1, -0.05) is 25.6 Å². The molecule has 2 aromatic rings. The predicted octanol–water partition coefficient (Wildman–Crippen LogP) is 5.04. The maximum absolute atomic E-state index is 13.6. The summed E-state index contributed by atoms with van der Waals surface area (Å²) in [5, 5.41) is 0.871. The van der Waals surface area contributed by atoms with Gasteiger partial charge in [0.2, 0.25) is 0 Å². The van der Waals surface area contributed by atoms with Crippen molar-refractivity contribution in [1.82, 2.24) is 9.55 Å². The number of carbonyl (C=O) groups is 1. The molecular weight excluding hydrogens is 372 g/mol. The number of aromatic nitrogens is 2. The van der Waals surface area contributed by atoms with E-state index in [0.29, 0.717) is 17.7 Å². The molecule has 0 aliphatic heterocycles. The zero-order chi connectivity index (χ0) is 20.1. The smallest absolute Gasteiger partial charge is 0.404 e. The lowest BCUT2D eigenvalue weighted by Crippen LogP contribution is -2.15. The summed E-state index contributed by atoms with van der Waals surface area (Å²) < 4.78 is 34.1. The van der Waals surface area contributed by atoms with Crippen LogP contribution in [0, 0.1) is 11.6 Å². The third-order valence-electron chi connectivity index (χ3n) is 3.87. The number of imidazole rings is 1. The van der Waals surface area contributed by atoms with Gasteiger partial charge in [0.15, 0.2) is 0 Å². The molecule has 0 aliphatic rings. The highest BCUT2D eigenvalue weighted by Gasteiger charge is 2.22. The van der Waals surface area contributed by atoms with Crippen LogP contribution in [0.4, 0.5) is 13.6 Å². The highest BCUT2D eigenvalue weighted by atomic mass is 32.2. The third-order valence-corrected chi connectivity index (χ3v) is 4.94. The van der Waals surface area contributed by atoms with E-state index in [1.54, 1.807) is 0 Å². The minimum Gasteiger partial charge on any atom is -0.450 e. The summed E-state index contributed by atoms with van der Waals surface area (Å²) in [7, 11) is 0. The lowest BCUT2D eigenvalue weighted by molar-refractivity contribution is 0.155. The van der Waals surface area contributed by atoms with Crippen LogP contribution in [-0.2, 0) is 11.2 Å². The zero-order valence-corrected chi connectivity index (χ0v) is 16.8. The summed E-state index contributed by atoms with van der Waals surface area (Å²) >= 11 is 1.31. The summed E-state index contributed by atoms with van der Waals surface area (Å²) in [5.41, 5.74) is 5.86. The van der Waals surface area contributed by atoms with Gasteiger partial charge in [-0.15, -0.1) is 0 Å². The van der Waals surface area contributed by atoms with Crippen molar-refractivity contribution < 1.29 is 18.3 Å². The van der Waals surface area contributed by atoms with Crippen molar-refractivity contribution in [3.8, 4) is 0 Å². The van der Waals surface area contributed by atoms with Gasteiger partial charge in [0, 0.05) is 23.4 Å².